The van der Waals surface area contributed by atoms with Gasteiger partial charge in [-0.15, -0.1) is 0 Å². The Morgan fingerprint density at radius 1 is 0.692 bits per heavy atom. The van der Waals surface area contributed by atoms with Crippen molar-refractivity contribution < 1.29 is 19.1 Å². The molecule has 2 aromatic heterocycles. The van der Waals surface area contributed by atoms with Crippen LogP contribution < -0.4 is 5.32 Å². The second kappa shape index (κ2) is 17.8. The molecule has 0 spiro atoms. The van der Waals surface area contributed by atoms with Gasteiger partial charge in [-0.2, -0.15) is 54.0 Å². The number of rotatable bonds is 7. The Balaban J connectivity index is 0.00000182. The quantitative estimate of drug-likeness (QED) is 0.164. The van der Waals surface area contributed by atoms with Crippen molar-refractivity contribution in [3.63, 3.8) is 0 Å². The van der Waals surface area contributed by atoms with E-state index in [4.69, 9.17) is 9.97 Å². The summed E-state index contributed by atoms with van der Waals surface area (Å²) in [4.78, 5) is 58.0. The highest BCUT2D eigenvalue weighted by Gasteiger charge is 2.35. The average Bonchev–Trinajstić information content (AvgIpc) is 3.91. The molecule has 3 aromatic carbocycles. The van der Waals surface area contributed by atoms with E-state index in [1.54, 1.807) is 11.8 Å². The lowest BCUT2D eigenvalue weighted by Crippen LogP contribution is -2.46. The summed E-state index contributed by atoms with van der Waals surface area (Å²) in [5, 5.41) is 2.57. The molecule has 2 aliphatic rings. The van der Waals surface area contributed by atoms with Crippen molar-refractivity contribution in [2.24, 2.45) is 5.92 Å². The number of methoxy groups -OCH3 is 1. The maximum Gasteiger partial charge on any atom is 0.407 e. The molecule has 280 valence electrons. The Bertz CT molecular complexity index is 2020. The average molecular weight is 784 g/mol. The van der Waals surface area contributed by atoms with Gasteiger partial charge in [0.05, 0.1) is 41.3 Å². The summed E-state index contributed by atoms with van der Waals surface area (Å²) < 4.78 is 4.66. The van der Waals surface area contributed by atoms with Crippen LogP contribution >= 0.6 is 54.0 Å². The third kappa shape index (κ3) is 8.37. The molecule has 3 N–H and O–H groups in total. The van der Waals surface area contributed by atoms with Crippen molar-refractivity contribution in [1.82, 2.24) is 35.1 Å². The number of carbonyl (C=O) groups excluding carboxylic acids is 3. The SMILES string of the molecule is COC(=O)N[C@@H](C)C(=O)N1CCC[C@H]1c1nc2ccc(-c3ccc(-c4ccc5nc([C@@H]6CCCN6C(=O)C(C)C)[nH]c5c4)cc3)cc2[nH]1.S.S.S.S. The van der Waals surface area contributed by atoms with Crippen molar-refractivity contribution in [3.8, 4) is 22.3 Å². The number of imidazole rings is 2. The largest absolute Gasteiger partial charge is 0.453 e. The van der Waals surface area contributed by atoms with Crippen molar-refractivity contribution >= 4 is 94.0 Å². The summed E-state index contributed by atoms with van der Waals surface area (Å²) in [5.74, 6) is 1.60. The molecule has 2 saturated heterocycles. The van der Waals surface area contributed by atoms with Gasteiger partial charge >= 0.3 is 6.09 Å². The molecule has 2 aliphatic heterocycles. The van der Waals surface area contributed by atoms with Gasteiger partial charge in [0, 0.05) is 19.0 Å². The second-order valence-corrected chi connectivity index (χ2v) is 13.2. The van der Waals surface area contributed by atoms with Gasteiger partial charge < -0.3 is 29.8 Å². The number of nitrogens with one attached hydrogen (secondary N) is 3. The molecular formula is C37H49N7O4S4. The molecule has 0 unspecified atom stereocenters. The number of likely N-dealkylation sites (tertiary alicyclic amines) is 2. The Hall–Kier alpha value is -3.79. The number of aromatic amines is 2. The highest BCUT2D eigenvalue weighted by Crippen LogP contribution is 2.35. The van der Waals surface area contributed by atoms with Gasteiger partial charge in [-0.1, -0.05) is 50.2 Å². The maximum atomic E-state index is 13.1. The monoisotopic (exact) mass is 783 g/mol. The van der Waals surface area contributed by atoms with Crippen LogP contribution in [0.1, 0.15) is 70.2 Å². The molecule has 3 amide bonds. The number of fused-ring (bicyclic) bond motifs is 2. The summed E-state index contributed by atoms with van der Waals surface area (Å²) in [6.07, 6.45) is 2.95. The number of amides is 3. The molecule has 52 heavy (non-hydrogen) atoms. The molecule has 2 fully saturated rings. The molecule has 0 saturated carbocycles. The fraction of sp³-hybridized carbons (Fsp3) is 0.378. The van der Waals surface area contributed by atoms with Crippen molar-refractivity contribution in [3.05, 3.63) is 72.3 Å². The summed E-state index contributed by atoms with van der Waals surface area (Å²) >= 11 is 0. The van der Waals surface area contributed by atoms with Crippen molar-refractivity contribution in [1.29, 1.82) is 0 Å². The first-order valence-electron chi connectivity index (χ1n) is 16.8. The van der Waals surface area contributed by atoms with E-state index >= 15 is 0 Å². The molecule has 5 aromatic rings. The third-order valence-electron chi connectivity index (χ3n) is 9.64. The van der Waals surface area contributed by atoms with Gasteiger partial charge in [0.15, 0.2) is 0 Å². The van der Waals surface area contributed by atoms with E-state index in [2.05, 4.69) is 68.6 Å². The van der Waals surface area contributed by atoms with Crippen LogP contribution in [0, 0.1) is 5.92 Å². The number of aromatic nitrogens is 4. The van der Waals surface area contributed by atoms with Crippen LogP contribution in [0.3, 0.4) is 0 Å². The highest BCUT2D eigenvalue weighted by molar-refractivity contribution is 7.59. The number of H-pyrrole nitrogens is 2. The lowest BCUT2D eigenvalue weighted by molar-refractivity contribution is -0.135. The van der Waals surface area contributed by atoms with Gasteiger partial charge in [-0.25, -0.2) is 14.8 Å². The third-order valence-corrected chi connectivity index (χ3v) is 9.64. The van der Waals surface area contributed by atoms with Gasteiger partial charge in [-0.3, -0.25) is 9.59 Å². The van der Waals surface area contributed by atoms with Gasteiger partial charge in [0.1, 0.15) is 17.7 Å². The summed E-state index contributed by atoms with van der Waals surface area (Å²) in [6, 6.07) is 20.1. The number of nitrogens with zero attached hydrogens (tertiary/aromatic N) is 4. The molecule has 7 rings (SSSR count). The van der Waals surface area contributed by atoms with E-state index in [-0.39, 0.29) is 83.8 Å². The zero-order chi connectivity index (χ0) is 33.5. The fourth-order valence-corrected chi connectivity index (χ4v) is 7.10. The second-order valence-electron chi connectivity index (χ2n) is 13.2. The van der Waals surface area contributed by atoms with Crippen LogP contribution in [0.15, 0.2) is 60.7 Å². The first kappa shape index (κ1) is 42.6. The van der Waals surface area contributed by atoms with E-state index < -0.39 is 12.1 Å². The summed E-state index contributed by atoms with van der Waals surface area (Å²) in [6.45, 7) is 6.95. The number of ether oxygens (including phenoxy) is 1. The standard InChI is InChI=1S/C37H41N7O4.4H2S/c1-21(2)35(45)43-17-5-7-31(43)33-39-27-15-13-25(19-29(27)41-33)23-9-11-24(12-10-23)26-14-16-28-30(20-26)42-34(40-28)32-8-6-18-44(32)36(46)22(3)38-37(47)48-4;;;;/h9-16,19-22,31-32H,5-8,17-18H2,1-4H3,(H,38,47)(H,39,41)(H,40,42);4*1H2/t22-,31-,32-;;;;/m0..../s1. The minimum atomic E-state index is -0.694. The first-order chi connectivity index (χ1) is 23.2. The van der Waals surface area contributed by atoms with Gasteiger partial charge in [0.25, 0.3) is 0 Å². The van der Waals surface area contributed by atoms with Crippen LogP contribution in [-0.4, -0.2) is 73.9 Å². The normalized spacial score (nSPS) is 17.2. The van der Waals surface area contributed by atoms with Gasteiger partial charge in [-0.05, 0) is 79.1 Å². The Labute approximate surface area is 331 Å². The Morgan fingerprint density at radius 3 is 1.54 bits per heavy atom. The van der Waals surface area contributed by atoms with Crippen LogP contribution in [-0.2, 0) is 14.3 Å². The van der Waals surface area contributed by atoms with Crippen molar-refractivity contribution in [2.45, 2.75) is 64.6 Å². The molecule has 15 heteroatoms. The number of carbonyl (C=O) groups is 3. The number of hydrogen-bond donors (Lipinski definition) is 3. The van der Waals surface area contributed by atoms with Crippen LogP contribution in [0.5, 0.6) is 0 Å². The van der Waals surface area contributed by atoms with E-state index in [1.807, 2.05) is 30.9 Å². The topological polar surface area (TPSA) is 136 Å². The number of alkyl carbamates (subject to hydrolysis) is 1. The van der Waals surface area contributed by atoms with E-state index in [9.17, 15) is 14.4 Å². The first-order valence-corrected chi connectivity index (χ1v) is 16.8. The summed E-state index contributed by atoms with van der Waals surface area (Å²) in [5.41, 5.74) is 7.94. The lowest BCUT2D eigenvalue weighted by atomic mass is 10.00. The molecule has 3 atom stereocenters. The van der Waals surface area contributed by atoms with Crippen LogP contribution in [0.2, 0.25) is 0 Å². The summed E-state index contributed by atoms with van der Waals surface area (Å²) in [7, 11) is 1.28. The van der Waals surface area contributed by atoms with E-state index in [1.165, 1.54) is 7.11 Å². The Kier molecular flexibility index (Phi) is 14.6. The van der Waals surface area contributed by atoms with Crippen LogP contribution in [0.4, 0.5) is 4.79 Å². The Morgan fingerprint density at radius 2 is 1.12 bits per heavy atom. The highest BCUT2D eigenvalue weighted by atomic mass is 32.1. The van der Waals surface area contributed by atoms with E-state index in [0.29, 0.717) is 6.54 Å². The van der Waals surface area contributed by atoms with Gasteiger partial charge in [0.2, 0.25) is 11.8 Å². The minimum absolute atomic E-state index is 0. The molecule has 0 bridgehead atoms. The maximum absolute atomic E-state index is 13.1. The fourth-order valence-electron chi connectivity index (χ4n) is 7.10. The zero-order valence-electron chi connectivity index (χ0n) is 29.7. The number of hydrogen-bond acceptors (Lipinski definition) is 6. The lowest BCUT2D eigenvalue weighted by Gasteiger charge is -2.26. The molecule has 11 nitrogen and oxygen atoms in total. The van der Waals surface area contributed by atoms with E-state index in [0.717, 1.165) is 88.2 Å². The van der Waals surface area contributed by atoms with Crippen LogP contribution in [0.25, 0.3) is 44.3 Å². The molecule has 0 radical (unpaired) electrons. The predicted octanol–water partition coefficient (Wildman–Crippen LogP) is 6.95. The zero-order valence-corrected chi connectivity index (χ0v) is 33.7. The smallest absolute Gasteiger partial charge is 0.407 e. The minimum Gasteiger partial charge on any atom is -0.453 e. The molecular weight excluding hydrogens is 735 g/mol. The molecule has 4 heterocycles. The van der Waals surface area contributed by atoms with Crippen molar-refractivity contribution in [2.75, 3.05) is 20.2 Å². The number of benzene rings is 3. The predicted molar refractivity (Wildman–Crippen MR) is 225 cm³/mol. The molecule has 0 aliphatic carbocycles.